The maximum atomic E-state index is 9.95. The fraction of sp³-hybridized carbons (Fsp3) is 1.00. The molecule has 0 aromatic carbocycles. The van der Waals surface area contributed by atoms with Crippen LogP contribution in [-0.2, 0) is 0 Å². The van der Waals surface area contributed by atoms with Crippen molar-refractivity contribution in [1.29, 1.82) is 0 Å². The van der Waals surface area contributed by atoms with Crippen molar-refractivity contribution >= 4 is 0 Å². The Labute approximate surface area is 103 Å². The summed E-state index contributed by atoms with van der Waals surface area (Å²) in [5, 5.41) is 21.2. The van der Waals surface area contributed by atoms with Crippen molar-refractivity contribution in [3.63, 3.8) is 0 Å². The average molecular weight is 246 g/mol. The smallest absolute Gasteiger partial charge is 0.162 e. The Morgan fingerprint density at radius 3 is 2.47 bits per heavy atom. The second kappa shape index (κ2) is 6.66. The van der Waals surface area contributed by atoms with E-state index in [-0.39, 0.29) is 6.10 Å². The summed E-state index contributed by atoms with van der Waals surface area (Å²) >= 11 is 0. The molecular weight excluding hydrogens is 218 g/mol. The van der Waals surface area contributed by atoms with Gasteiger partial charge in [0.05, 0.1) is 13.2 Å². The maximum Gasteiger partial charge on any atom is 0.162 e. The van der Waals surface area contributed by atoms with Gasteiger partial charge in [-0.2, -0.15) is 0 Å². The van der Waals surface area contributed by atoms with Gasteiger partial charge < -0.3 is 25.3 Å². The lowest BCUT2D eigenvalue weighted by Crippen LogP contribution is -3.29. The Balaban J connectivity index is 1.70. The summed E-state index contributed by atoms with van der Waals surface area (Å²) in [6, 6.07) is 0.415. The molecule has 2 atom stereocenters. The van der Waals surface area contributed by atoms with Gasteiger partial charge in [0.25, 0.3) is 0 Å². The number of quaternary nitrogens is 3. The van der Waals surface area contributed by atoms with Gasteiger partial charge in [-0.1, -0.05) is 0 Å². The van der Waals surface area contributed by atoms with E-state index in [2.05, 4.69) is 5.32 Å². The first-order valence-electron chi connectivity index (χ1n) is 7.09. The lowest BCUT2D eigenvalue weighted by molar-refractivity contribution is -1.02. The van der Waals surface area contributed by atoms with E-state index in [1.54, 1.807) is 4.90 Å². The molecule has 0 aromatic heterocycles. The topological polar surface area (TPSA) is 66.0 Å². The summed E-state index contributed by atoms with van der Waals surface area (Å²) in [6.07, 6.45) is 2.04. The van der Waals surface area contributed by atoms with Gasteiger partial charge in [-0.25, -0.2) is 0 Å². The highest BCUT2D eigenvalue weighted by molar-refractivity contribution is 4.68. The van der Waals surface area contributed by atoms with Crippen molar-refractivity contribution in [2.24, 2.45) is 0 Å². The summed E-state index contributed by atoms with van der Waals surface area (Å²) in [5.41, 5.74) is 0. The molecule has 17 heavy (non-hydrogen) atoms. The van der Waals surface area contributed by atoms with Crippen LogP contribution >= 0.6 is 0 Å². The van der Waals surface area contributed by atoms with E-state index in [1.165, 1.54) is 37.6 Å². The molecule has 0 aliphatic carbocycles. The van der Waals surface area contributed by atoms with E-state index in [9.17, 15) is 5.11 Å². The summed E-state index contributed by atoms with van der Waals surface area (Å²) in [5.74, 6) is 0. The van der Waals surface area contributed by atoms with E-state index in [4.69, 9.17) is 5.11 Å². The SMILES string of the molecule is OCC[NH+]1CC[NH+](C[C@H]2[NH2+]CCC[C@@H]2O)CC1. The number of nitrogens with two attached hydrogens (primary N) is 1. The van der Waals surface area contributed by atoms with Crippen LogP contribution < -0.4 is 15.1 Å². The first-order valence-corrected chi connectivity index (χ1v) is 7.09. The zero-order chi connectivity index (χ0) is 12.1. The molecule has 5 nitrogen and oxygen atoms in total. The number of aliphatic hydroxyl groups is 2. The molecule has 0 amide bonds. The Kier molecular flexibility index (Phi) is 5.18. The third-order valence-electron chi connectivity index (χ3n) is 4.32. The third-order valence-corrected chi connectivity index (χ3v) is 4.32. The predicted molar refractivity (Wildman–Crippen MR) is 64.0 cm³/mol. The molecule has 100 valence electrons. The molecule has 2 heterocycles. The Hall–Kier alpha value is -0.200. The van der Waals surface area contributed by atoms with Crippen LogP contribution in [0.25, 0.3) is 0 Å². The normalized spacial score (nSPS) is 39.2. The standard InChI is InChI=1S/C12H25N3O2/c16-9-8-14-4-6-15(7-5-14)10-11-12(17)2-1-3-13-11/h11-13,16-17H,1-10H2/p+3/t11-,12+/m1/s1. The van der Waals surface area contributed by atoms with Crippen LogP contribution in [0, 0.1) is 0 Å². The fourth-order valence-electron chi connectivity index (χ4n) is 3.15. The molecule has 2 aliphatic heterocycles. The lowest BCUT2D eigenvalue weighted by Gasteiger charge is -2.33. The molecule has 6 N–H and O–H groups in total. The first kappa shape index (κ1) is 13.2. The van der Waals surface area contributed by atoms with Crippen LogP contribution in [0.5, 0.6) is 0 Å². The minimum atomic E-state index is -0.0981. The summed E-state index contributed by atoms with van der Waals surface area (Å²) in [6.45, 7) is 8.19. The highest BCUT2D eigenvalue weighted by atomic mass is 16.3. The van der Waals surface area contributed by atoms with Crippen LogP contribution in [0.15, 0.2) is 0 Å². The fourth-order valence-corrected chi connectivity index (χ4v) is 3.15. The van der Waals surface area contributed by atoms with Gasteiger partial charge in [0.2, 0.25) is 0 Å². The Morgan fingerprint density at radius 2 is 1.82 bits per heavy atom. The Morgan fingerprint density at radius 1 is 1.12 bits per heavy atom. The van der Waals surface area contributed by atoms with Crippen LogP contribution in [0.4, 0.5) is 0 Å². The number of piperazine rings is 1. The summed E-state index contributed by atoms with van der Waals surface area (Å²) in [4.78, 5) is 3.17. The van der Waals surface area contributed by atoms with Crippen molar-refractivity contribution in [2.75, 3.05) is 52.4 Å². The van der Waals surface area contributed by atoms with Gasteiger partial charge in [0.1, 0.15) is 45.4 Å². The number of rotatable bonds is 4. The highest BCUT2D eigenvalue weighted by Crippen LogP contribution is 2.01. The first-order chi connectivity index (χ1) is 8.29. The quantitative estimate of drug-likeness (QED) is 0.344. The van der Waals surface area contributed by atoms with Gasteiger partial charge >= 0.3 is 0 Å². The molecule has 0 saturated carbocycles. The lowest BCUT2D eigenvalue weighted by atomic mass is 10.0. The molecular formula is C12H28N3O2+3. The van der Waals surface area contributed by atoms with Crippen molar-refractivity contribution in [3.8, 4) is 0 Å². The summed E-state index contributed by atoms with van der Waals surface area (Å²) in [7, 11) is 0. The van der Waals surface area contributed by atoms with Gasteiger partial charge in [0.15, 0.2) is 6.04 Å². The van der Waals surface area contributed by atoms with Crippen molar-refractivity contribution < 1.29 is 25.3 Å². The van der Waals surface area contributed by atoms with Crippen molar-refractivity contribution in [1.82, 2.24) is 0 Å². The number of aliphatic hydroxyl groups excluding tert-OH is 2. The van der Waals surface area contributed by atoms with Gasteiger partial charge in [0, 0.05) is 0 Å². The number of nitrogens with one attached hydrogen (secondary N) is 2. The average Bonchev–Trinajstić information content (AvgIpc) is 2.35. The maximum absolute atomic E-state index is 9.95. The Bertz CT molecular complexity index is 220. The van der Waals surface area contributed by atoms with Crippen LogP contribution in [-0.4, -0.2) is 74.8 Å². The van der Waals surface area contributed by atoms with Crippen LogP contribution in [0.2, 0.25) is 0 Å². The molecule has 0 radical (unpaired) electrons. The molecule has 0 unspecified atom stereocenters. The number of hydrogen-bond acceptors (Lipinski definition) is 2. The van der Waals surface area contributed by atoms with Gasteiger partial charge in [-0.15, -0.1) is 0 Å². The van der Waals surface area contributed by atoms with Gasteiger partial charge in [-0.3, -0.25) is 0 Å². The van der Waals surface area contributed by atoms with E-state index in [1.807, 2.05) is 0 Å². The van der Waals surface area contributed by atoms with Crippen molar-refractivity contribution in [2.45, 2.75) is 25.0 Å². The van der Waals surface area contributed by atoms with E-state index >= 15 is 0 Å². The molecule has 2 rings (SSSR count). The molecule has 2 aliphatic rings. The minimum absolute atomic E-state index is 0.0981. The van der Waals surface area contributed by atoms with E-state index in [0.717, 1.165) is 25.9 Å². The second-order valence-electron chi connectivity index (χ2n) is 5.58. The largest absolute Gasteiger partial charge is 0.391 e. The van der Waals surface area contributed by atoms with Crippen LogP contribution in [0.3, 0.4) is 0 Å². The van der Waals surface area contributed by atoms with Crippen molar-refractivity contribution in [3.05, 3.63) is 0 Å². The van der Waals surface area contributed by atoms with E-state index < -0.39 is 0 Å². The second-order valence-corrected chi connectivity index (χ2v) is 5.58. The molecule has 0 spiro atoms. The minimum Gasteiger partial charge on any atom is -0.391 e. The zero-order valence-electron chi connectivity index (χ0n) is 10.7. The van der Waals surface area contributed by atoms with Gasteiger partial charge in [-0.05, 0) is 12.8 Å². The molecule has 0 aromatic rings. The predicted octanol–water partition coefficient (Wildman–Crippen LogP) is -5.15. The number of hydrogen-bond donors (Lipinski definition) is 5. The number of piperidine rings is 1. The molecule has 2 fully saturated rings. The zero-order valence-corrected chi connectivity index (χ0v) is 10.7. The summed E-state index contributed by atoms with van der Waals surface area (Å²) < 4.78 is 0. The third kappa shape index (κ3) is 3.89. The highest BCUT2D eigenvalue weighted by Gasteiger charge is 2.32. The molecule has 2 saturated heterocycles. The monoisotopic (exact) mass is 246 g/mol. The van der Waals surface area contributed by atoms with E-state index in [0.29, 0.717) is 12.6 Å². The molecule has 5 heteroatoms. The van der Waals surface area contributed by atoms with Crippen LogP contribution in [0.1, 0.15) is 12.8 Å². The molecule has 0 bridgehead atoms.